The van der Waals surface area contributed by atoms with Crippen LogP contribution in [0.25, 0.3) is 0 Å². The van der Waals surface area contributed by atoms with Crippen molar-refractivity contribution in [2.75, 3.05) is 7.11 Å². The van der Waals surface area contributed by atoms with E-state index < -0.39 is 0 Å². The van der Waals surface area contributed by atoms with Gasteiger partial charge in [0.1, 0.15) is 10.6 Å². The van der Waals surface area contributed by atoms with Crippen LogP contribution in [0.1, 0.15) is 50.4 Å². The Morgan fingerprint density at radius 1 is 1.60 bits per heavy atom. The summed E-state index contributed by atoms with van der Waals surface area (Å²) in [5, 5.41) is 3.03. The van der Waals surface area contributed by atoms with Crippen molar-refractivity contribution in [3.63, 3.8) is 0 Å². The first-order valence-electron chi connectivity index (χ1n) is 5.28. The van der Waals surface area contributed by atoms with Gasteiger partial charge in [0.25, 0.3) is 0 Å². The third kappa shape index (κ3) is 3.00. The molecule has 1 aromatic rings. The zero-order valence-corrected chi connectivity index (χ0v) is 10.7. The Morgan fingerprint density at radius 2 is 2.27 bits per heavy atom. The molecule has 0 aliphatic heterocycles. The van der Waals surface area contributed by atoms with Gasteiger partial charge in [-0.3, -0.25) is 0 Å². The molecular formula is C11H20N2OS. The van der Waals surface area contributed by atoms with E-state index in [1.165, 1.54) is 0 Å². The van der Waals surface area contributed by atoms with Gasteiger partial charge in [0.05, 0.1) is 5.69 Å². The summed E-state index contributed by atoms with van der Waals surface area (Å²) in [6.07, 6.45) is 2.07. The standard InChI is InChI=1S/C11H20N2OS/c1-5-6-8(12)9-7-15-10(13-9)11(2,3)14-4/h7-8H,5-6,12H2,1-4H3. The molecule has 1 rings (SSSR count). The lowest BCUT2D eigenvalue weighted by Gasteiger charge is -2.19. The second-order valence-electron chi connectivity index (χ2n) is 4.19. The van der Waals surface area contributed by atoms with E-state index >= 15 is 0 Å². The third-order valence-electron chi connectivity index (χ3n) is 2.53. The smallest absolute Gasteiger partial charge is 0.124 e. The van der Waals surface area contributed by atoms with Crippen molar-refractivity contribution in [3.05, 3.63) is 16.1 Å². The molecule has 1 aromatic heterocycles. The van der Waals surface area contributed by atoms with E-state index in [4.69, 9.17) is 10.5 Å². The number of methoxy groups -OCH3 is 1. The molecule has 0 aliphatic carbocycles. The Bertz CT molecular complexity index is 309. The number of nitrogens with two attached hydrogens (primary N) is 1. The van der Waals surface area contributed by atoms with Gasteiger partial charge in [0.2, 0.25) is 0 Å². The molecule has 2 N–H and O–H groups in total. The summed E-state index contributed by atoms with van der Waals surface area (Å²) in [6.45, 7) is 6.16. The van der Waals surface area contributed by atoms with Crippen molar-refractivity contribution in [3.8, 4) is 0 Å². The molecule has 0 saturated heterocycles. The average Bonchev–Trinajstić information content (AvgIpc) is 2.67. The molecule has 0 bridgehead atoms. The quantitative estimate of drug-likeness (QED) is 0.843. The second kappa shape index (κ2) is 5.05. The lowest BCUT2D eigenvalue weighted by atomic mass is 10.1. The minimum atomic E-state index is -0.311. The van der Waals surface area contributed by atoms with E-state index in [0.717, 1.165) is 23.5 Å². The van der Waals surface area contributed by atoms with Crippen LogP contribution in [0, 0.1) is 0 Å². The van der Waals surface area contributed by atoms with E-state index in [1.807, 2.05) is 19.2 Å². The molecule has 0 aromatic carbocycles. The molecule has 1 atom stereocenters. The first-order chi connectivity index (χ1) is 7.01. The third-order valence-corrected chi connectivity index (χ3v) is 3.69. The SMILES string of the molecule is CCCC(N)c1csc(C(C)(C)OC)n1. The molecular weight excluding hydrogens is 208 g/mol. The predicted molar refractivity (Wildman–Crippen MR) is 64.0 cm³/mol. The van der Waals surface area contributed by atoms with Crippen LogP contribution >= 0.6 is 11.3 Å². The van der Waals surface area contributed by atoms with Gasteiger partial charge in [-0.05, 0) is 20.3 Å². The van der Waals surface area contributed by atoms with Crippen molar-refractivity contribution in [2.24, 2.45) is 5.73 Å². The molecule has 0 aliphatic rings. The van der Waals surface area contributed by atoms with Crippen molar-refractivity contribution in [2.45, 2.75) is 45.3 Å². The van der Waals surface area contributed by atoms with Gasteiger partial charge in [0.15, 0.2) is 0 Å². The van der Waals surface area contributed by atoms with Gasteiger partial charge >= 0.3 is 0 Å². The Hall–Kier alpha value is -0.450. The zero-order chi connectivity index (χ0) is 11.5. The lowest BCUT2D eigenvalue weighted by molar-refractivity contribution is 0.0189. The summed E-state index contributed by atoms with van der Waals surface area (Å²) >= 11 is 1.62. The molecule has 15 heavy (non-hydrogen) atoms. The van der Waals surface area contributed by atoms with Crippen molar-refractivity contribution < 1.29 is 4.74 Å². The van der Waals surface area contributed by atoms with Gasteiger partial charge in [-0.1, -0.05) is 13.3 Å². The maximum Gasteiger partial charge on any atom is 0.124 e. The summed E-state index contributed by atoms with van der Waals surface area (Å²) < 4.78 is 5.38. The van der Waals surface area contributed by atoms with Gasteiger partial charge in [-0.25, -0.2) is 4.98 Å². The second-order valence-corrected chi connectivity index (χ2v) is 5.05. The highest BCUT2D eigenvalue weighted by atomic mass is 32.1. The van der Waals surface area contributed by atoms with Crippen molar-refractivity contribution in [1.82, 2.24) is 4.98 Å². The fourth-order valence-electron chi connectivity index (χ4n) is 1.28. The lowest BCUT2D eigenvalue weighted by Crippen LogP contribution is -2.19. The van der Waals surface area contributed by atoms with E-state index in [2.05, 4.69) is 11.9 Å². The van der Waals surface area contributed by atoms with Crippen LogP contribution in [0.4, 0.5) is 0 Å². The first-order valence-corrected chi connectivity index (χ1v) is 6.16. The molecule has 0 saturated carbocycles. The van der Waals surface area contributed by atoms with Crippen LogP contribution in [-0.2, 0) is 10.3 Å². The Morgan fingerprint density at radius 3 is 2.80 bits per heavy atom. The largest absolute Gasteiger partial charge is 0.372 e. The Kier molecular flexibility index (Phi) is 4.25. The molecule has 0 radical (unpaired) electrons. The Labute approximate surface area is 95.7 Å². The highest BCUT2D eigenvalue weighted by Crippen LogP contribution is 2.29. The first kappa shape index (κ1) is 12.6. The maximum atomic E-state index is 6.01. The van der Waals surface area contributed by atoms with Crippen LogP contribution in [0.15, 0.2) is 5.38 Å². The van der Waals surface area contributed by atoms with E-state index in [0.29, 0.717) is 0 Å². The summed E-state index contributed by atoms with van der Waals surface area (Å²) in [5.41, 5.74) is 6.68. The highest BCUT2D eigenvalue weighted by molar-refractivity contribution is 7.09. The van der Waals surface area contributed by atoms with Crippen LogP contribution in [0.5, 0.6) is 0 Å². The van der Waals surface area contributed by atoms with Gasteiger partial charge < -0.3 is 10.5 Å². The minimum absolute atomic E-state index is 0.0626. The number of hydrogen-bond acceptors (Lipinski definition) is 4. The molecule has 1 unspecified atom stereocenters. The monoisotopic (exact) mass is 228 g/mol. The number of hydrogen-bond donors (Lipinski definition) is 1. The molecule has 0 amide bonds. The van der Waals surface area contributed by atoms with Gasteiger partial charge in [-0.2, -0.15) is 0 Å². The normalized spacial score (nSPS) is 14.2. The number of rotatable bonds is 5. The zero-order valence-electron chi connectivity index (χ0n) is 9.91. The number of aromatic nitrogens is 1. The summed E-state index contributed by atoms with van der Waals surface area (Å²) in [5.74, 6) is 0. The average molecular weight is 228 g/mol. The number of thiazole rings is 1. The minimum Gasteiger partial charge on any atom is -0.372 e. The molecule has 86 valence electrons. The van der Waals surface area contributed by atoms with Crippen molar-refractivity contribution in [1.29, 1.82) is 0 Å². The van der Waals surface area contributed by atoms with E-state index in [-0.39, 0.29) is 11.6 Å². The van der Waals surface area contributed by atoms with Crippen LogP contribution in [0.2, 0.25) is 0 Å². The molecule has 0 fully saturated rings. The van der Waals surface area contributed by atoms with E-state index in [1.54, 1.807) is 18.4 Å². The molecule has 4 heteroatoms. The predicted octanol–water partition coefficient (Wildman–Crippen LogP) is 2.82. The fourth-order valence-corrected chi connectivity index (χ4v) is 2.26. The summed E-state index contributed by atoms with van der Waals surface area (Å²) in [7, 11) is 1.70. The number of nitrogens with zero attached hydrogens (tertiary/aromatic N) is 1. The number of ether oxygens (including phenoxy) is 1. The molecule has 3 nitrogen and oxygen atoms in total. The highest BCUT2D eigenvalue weighted by Gasteiger charge is 2.24. The van der Waals surface area contributed by atoms with Crippen LogP contribution in [-0.4, -0.2) is 12.1 Å². The van der Waals surface area contributed by atoms with Crippen LogP contribution in [0.3, 0.4) is 0 Å². The van der Waals surface area contributed by atoms with E-state index in [9.17, 15) is 0 Å². The van der Waals surface area contributed by atoms with Gasteiger partial charge in [0, 0.05) is 18.5 Å². The summed E-state index contributed by atoms with van der Waals surface area (Å²) in [4.78, 5) is 4.54. The van der Waals surface area contributed by atoms with Gasteiger partial charge in [-0.15, -0.1) is 11.3 Å². The van der Waals surface area contributed by atoms with Crippen molar-refractivity contribution >= 4 is 11.3 Å². The fraction of sp³-hybridized carbons (Fsp3) is 0.727. The van der Waals surface area contributed by atoms with Crippen LogP contribution < -0.4 is 5.73 Å². The topological polar surface area (TPSA) is 48.1 Å². The Balaban J connectivity index is 2.80. The molecule has 0 spiro atoms. The summed E-state index contributed by atoms with van der Waals surface area (Å²) in [6, 6.07) is 0.0626. The molecule has 1 heterocycles. The maximum absolute atomic E-state index is 6.01.